The van der Waals surface area contributed by atoms with E-state index >= 15 is 0 Å². The van der Waals surface area contributed by atoms with Crippen LogP contribution in [0.15, 0.2) is 55.6 Å². The summed E-state index contributed by atoms with van der Waals surface area (Å²) in [6, 6.07) is 9.10. The Hall–Kier alpha value is -2.66. The minimum atomic E-state index is -1.78. The Kier molecular flexibility index (Phi) is 12.7. The fraction of sp³-hybridized carbons (Fsp3) is 0.562. The molecule has 2 amide bonds. The molecule has 1 N–H and O–H groups in total. The van der Waals surface area contributed by atoms with Crippen molar-refractivity contribution in [1.29, 1.82) is 0 Å². The predicted molar refractivity (Wildman–Crippen MR) is 160 cm³/mol. The van der Waals surface area contributed by atoms with Crippen molar-refractivity contribution in [3.8, 4) is 11.5 Å². The fourth-order valence-electron chi connectivity index (χ4n) is 5.78. The number of benzene rings is 1. The first-order valence-electron chi connectivity index (χ1n) is 14.1. The van der Waals surface area contributed by atoms with Gasteiger partial charge < -0.3 is 14.6 Å². The molecule has 1 fully saturated rings. The topological polar surface area (TPSA) is 76.1 Å². The van der Waals surface area contributed by atoms with Crippen LogP contribution in [-0.4, -0.2) is 61.0 Å². The van der Waals surface area contributed by atoms with Crippen LogP contribution in [0.25, 0.3) is 0 Å². The Balaban J connectivity index is 2.10. The molecular formula is C32H47NO5Si. The van der Waals surface area contributed by atoms with Gasteiger partial charge in [0.15, 0.2) is 6.10 Å². The zero-order valence-corrected chi connectivity index (χ0v) is 25.6. The van der Waals surface area contributed by atoms with Crippen LogP contribution in [0.3, 0.4) is 0 Å². The molecule has 1 aromatic carbocycles. The van der Waals surface area contributed by atoms with Gasteiger partial charge >= 0.3 is 6.09 Å². The number of carbonyl (C=O) groups excluding carboxylic acids is 2. The van der Waals surface area contributed by atoms with Gasteiger partial charge in [-0.05, 0) is 41.4 Å². The number of hydrogen-bond donors (Lipinski definition) is 1. The number of ether oxygens (including phenoxy) is 2. The number of aliphatic hydroxyl groups is 1. The van der Waals surface area contributed by atoms with Crippen LogP contribution in [0.4, 0.5) is 4.79 Å². The van der Waals surface area contributed by atoms with Crippen molar-refractivity contribution < 1.29 is 24.2 Å². The maximum absolute atomic E-state index is 13.5. The Morgan fingerprint density at radius 1 is 1.13 bits per heavy atom. The molecule has 0 aromatic heterocycles. The van der Waals surface area contributed by atoms with Crippen LogP contribution < -0.4 is 0 Å². The molecule has 1 saturated heterocycles. The normalized spacial score (nSPS) is 17.9. The van der Waals surface area contributed by atoms with Gasteiger partial charge in [0.25, 0.3) is 5.91 Å². The van der Waals surface area contributed by atoms with Crippen LogP contribution in [0.1, 0.15) is 66.4 Å². The van der Waals surface area contributed by atoms with Gasteiger partial charge in [-0.25, -0.2) is 9.69 Å². The number of rotatable bonds is 14. The number of hydrogen-bond acceptors (Lipinski definition) is 5. The van der Waals surface area contributed by atoms with Gasteiger partial charge in [0, 0.05) is 6.42 Å². The molecule has 1 heterocycles. The van der Waals surface area contributed by atoms with Crippen molar-refractivity contribution in [3.63, 3.8) is 0 Å². The quantitative estimate of drug-likeness (QED) is 0.124. The second-order valence-electron chi connectivity index (χ2n) is 11.3. The first-order chi connectivity index (χ1) is 18.5. The van der Waals surface area contributed by atoms with E-state index in [9.17, 15) is 14.7 Å². The van der Waals surface area contributed by atoms with Gasteiger partial charge in [0.05, 0.1) is 12.1 Å². The molecule has 0 bridgehead atoms. The van der Waals surface area contributed by atoms with Crippen molar-refractivity contribution >= 4 is 20.1 Å². The minimum absolute atomic E-state index is 0.0911. The third kappa shape index (κ3) is 8.17. The van der Waals surface area contributed by atoms with E-state index in [1.54, 1.807) is 6.08 Å². The summed E-state index contributed by atoms with van der Waals surface area (Å²) in [6.07, 6.45) is 1.57. The summed E-state index contributed by atoms with van der Waals surface area (Å²) in [5.41, 5.74) is 6.43. The van der Waals surface area contributed by atoms with Gasteiger partial charge in [-0.3, -0.25) is 4.79 Å². The lowest BCUT2D eigenvalue weighted by atomic mass is 10.0. The van der Waals surface area contributed by atoms with E-state index in [4.69, 9.17) is 9.47 Å². The average Bonchev–Trinajstić information content (AvgIpc) is 3.26. The molecule has 39 heavy (non-hydrogen) atoms. The first-order valence-corrected chi connectivity index (χ1v) is 16.3. The Morgan fingerprint density at radius 3 is 2.28 bits per heavy atom. The van der Waals surface area contributed by atoms with E-state index in [-0.39, 0.29) is 6.61 Å². The van der Waals surface area contributed by atoms with E-state index in [2.05, 4.69) is 66.2 Å². The Bertz CT molecular complexity index is 1000. The van der Waals surface area contributed by atoms with Crippen LogP contribution in [-0.2, 0) is 20.7 Å². The molecular weight excluding hydrogens is 506 g/mol. The number of amides is 2. The maximum atomic E-state index is 13.5. The number of unbranched alkanes of at least 4 members (excludes halogenated alkanes) is 1. The summed E-state index contributed by atoms with van der Waals surface area (Å²) in [4.78, 5) is 27.1. The molecule has 4 atom stereocenters. The number of carbonyl (C=O) groups is 2. The highest BCUT2D eigenvalue weighted by atomic mass is 28.3. The molecule has 0 radical (unpaired) electrons. The second-order valence-corrected chi connectivity index (χ2v) is 16.9. The Morgan fingerprint density at radius 2 is 1.74 bits per heavy atom. The SMILES string of the molecule is C=C[C@@H](CCCC#C[Si](C(C)C)(C(C)C)C(C)C)O[C@@H](C(=O)N1C(=O)OC[C@H]1Cc1ccccc1)[C@@H](O)C=C. The average molecular weight is 554 g/mol. The first kappa shape index (κ1) is 32.5. The zero-order chi connectivity index (χ0) is 29.2. The van der Waals surface area contributed by atoms with Gasteiger partial charge in [0.1, 0.15) is 20.8 Å². The highest BCUT2D eigenvalue weighted by Crippen LogP contribution is 2.40. The summed E-state index contributed by atoms with van der Waals surface area (Å²) in [5, 5.41) is 10.6. The molecule has 0 aliphatic carbocycles. The molecule has 1 aliphatic heterocycles. The molecule has 214 valence electrons. The minimum Gasteiger partial charge on any atom is -0.447 e. The lowest BCUT2D eigenvalue weighted by molar-refractivity contribution is -0.150. The van der Waals surface area contributed by atoms with Gasteiger partial charge in [-0.15, -0.1) is 24.6 Å². The van der Waals surface area contributed by atoms with Crippen molar-refractivity contribution in [2.45, 2.75) is 108 Å². The third-order valence-electron chi connectivity index (χ3n) is 7.85. The molecule has 0 saturated carbocycles. The van der Waals surface area contributed by atoms with Crippen LogP contribution >= 0.6 is 0 Å². The molecule has 6 nitrogen and oxygen atoms in total. The largest absolute Gasteiger partial charge is 0.447 e. The summed E-state index contributed by atoms with van der Waals surface area (Å²) in [5.74, 6) is 2.82. The number of nitrogens with zero attached hydrogens (tertiary/aromatic N) is 1. The standard InChI is InChI=1S/C32H47NO5Si/c1-9-28(19-15-12-16-20-39(23(3)4,24(5)6)25(7)8)38-30(29(34)10-2)31(35)33-27(22-37-32(33)36)21-26-17-13-11-14-18-26/h9-11,13-14,17-18,23-25,27-30,34H,1-2,12,15,19,21-22H2,3-8H3/t27-,28+,29+,30-/m1/s1. The van der Waals surface area contributed by atoms with Crippen LogP contribution in [0.5, 0.6) is 0 Å². The predicted octanol–water partition coefficient (Wildman–Crippen LogP) is 6.45. The van der Waals surface area contributed by atoms with E-state index in [1.807, 2.05) is 30.3 Å². The molecule has 7 heteroatoms. The summed E-state index contributed by atoms with van der Waals surface area (Å²) in [7, 11) is -1.78. The van der Waals surface area contributed by atoms with Crippen LogP contribution in [0, 0.1) is 11.5 Å². The highest BCUT2D eigenvalue weighted by molar-refractivity contribution is 6.90. The lowest BCUT2D eigenvalue weighted by Gasteiger charge is -2.38. The second kappa shape index (κ2) is 15.2. The van der Waals surface area contributed by atoms with E-state index in [0.29, 0.717) is 29.5 Å². The number of imide groups is 1. The molecule has 2 rings (SSSR count). The number of cyclic esters (lactones) is 1. The third-order valence-corrected chi connectivity index (χ3v) is 14.2. The fourth-order valence-corrected chi connectivity index (χ4v) is 11.1. The van der Waals surface area contributed by atoms with Gasteiger partial charge in [-0.1, -0.05) is 84.0 Å². The summed E-state index contributed by atoms with van der Waals surface area (Å²) < 4.78 is 11.3. The maximum Gasteiger partial charge on any atom is 0.417 e. The van der Waals surface area contributed by atoms with Gasteiger partial charge in [-0.2, -0.15) is 0 Å². The van der Waals surface area contributed by atoms with E-state index in [0.717, 1.165) is 23.3 Å². The Labute approximate surface area is 236 Å². The summed E-state index contributed by atoms with van der Waals surface area (Å²) >= 11 is 0. The van der Waals surface area contributed by atoms with Crippen molar-refractivity contribution in [3.05, 3.63) is 61.2 Å². The highest BCUT2D eigenvalue weighted by Gasteiger charge is 2.44. The monoisotopic (exact) mass is 553 g/mol. The van der Waals surface area contributed by atoms with Gasteiger partial charge in [0.2, 0.25) is 0 Å². The molecule has 0 spiro atoms. The van der Waals surface area contributed by atoms with Crippen molar-refractivity contribution in [1.82, 2.24) is 4.90 Å². The zero-order valence-electron chi connectivity index (χ0n) is 24.6. The number of aliphatic hydroxyl groups excluding tert-OH is 1. The van der Waals surface area contributed by atoms with Crippen LogP contribution in [0.2, 0.25) is 16.6 Å². The van der Waals surface area contributed by atoms with Crippen molar-refractivity contribution in [2.75, 3.05) is 6.61 Å². The molecule has 1 aliphatic rings. The van der Waals surface area contributed by atoms with Crippen molar-refractivity contribution in [2.24, 2.45) is 0 Å². The summed E-state index contributed by atoms with van der Waals surface area (Å²) in [6.45, 7) is 21.4. The molecule has 0 unspecified atom stereocenters. The molecule has 1 aromatic rings. The lowest BCUT2D eigenvalue weighted by Crippen LogP contribution is -2.51. The smallest absolute Gasteiger partial charge is 0.417 e. The van der Waals surface area contributed by atoms with E-state index < -0.39 is 44.4 Å². The van der Waals surface area contributed by atoms with E-state index in [1.165, 1.54) is 6.08 Å².